The van der Waals surface area contributed by atoms with Crippen molar-refractivity contribution in [2.24, 2.45) is 0 Å². The van der Waals surface area contributed by atoms with E-state index in [4.69, 9.17) is 4.74 Å². The van der Waals surface area contributed by atoms with Gasteiger partial charge in [0, 0.05) is 24.1 Å². The predicted molar refractivity (Wildman–Crippen MR) is 78.4 cm³/mol. The Hall–Kier alpha value is -1.47. The van der Waals surface area contributed by atoms with Gasteiger partial charge in [0.05, 0.1) is 12.2 Å². The van der Waals surface area contributed by atoms with Crippen LogP contribution in [0.2, 0.25) is 0 Å². The van der Waals surface area contributed by atoms with Crippen LogP contribution in [0.15, 0.2) is 22.7 Å². The van der Waals surface area contributed by atoms with Crippen molar-refractivity contribution in [1.82, 2.24) is 10.2 Å². The number of hydrogen-bond donors (Lipinski definition) is 1. The lowest BCUT2D eigenvalue weighted by molar-refractivity contribution is -0.149. The summed E-state index contributed by atoms with van der Waals surface area (Å²) in [5.41, 5.74) is 0.326. The standard InChI is InChI=1S/C14H16BrFN2O3/c1-2-21-14(20)12-8-17-5-6-18(12)13(19)10-4-3-9(16)7-11(10)15/h3-4,7,12,17H,2,5-6,8H2,1H3. The van der Waals surface area contributed by atoms with Gasteiger partial charge in [0.15, 0.2) is 0 Å². The first-order valence-electron chi connectivity index (χ1n) is 6.68. The largest absolute Gasteiger partial charge is 0.464 e. The molecule has 1 amide bonds. The first-order valence-corrected chi connectivity index (χ1v) is 7.47. The van der Waals surface area contributed by atoms with Crippen molar-refractivity contribution in [3.8, 4) is 0 Å². The minimum absolute atomic E-state index is 0.262. The van der Waals surface area contributed by atoms with E-state index in [0.29, 0.717) is 29.7 Å². The molecule has 0 aromatic heterocycles. The lowest BCUT2D eigenvalue weighted by Gasteiger charge is -2.34. The Morgan fingerprint density at radius 3 is 2.95 bits per heavy atom. The van der Waals surface area contributed by atoms with Gasteiger partial charge in [0.2, 0.25) is 0 Å². The number of nitrogens with one attached hydrogen (secondary N) is 1. The van der Waals surface area contributed by atoms with Crippen molar-refractivity contribution in [2.75, 3.05) is 26.2 Å². The maximum Gasteiger partial charge on any atom is 0.330 e. The molecule has 0 bridgehead atoms. The zero-order valence-corrected chi connectivity index (χ0v) is 13.2. The number of esters is 1. The van der Waals surface area contributed by atoms with Gasteiger partial charge in [-0.05, 0) is 41.1 Å². The number of hydrogen-bond acceptors (Lipinski definition) is 4. The number of amides is 1. The third kappa shape index (κ3) is 3.59. The molecule has 1 aromatic carbocycles. The van der Waals surface area contributed by atoms with E-state index in [-0.39, 0.29) is 12.5 Å². The van der Waals surface area contributed by atoms with Gasteiger partial charge in [0.1, 0.15) is 11.9 Å². The Morgan fingerprint density at radius 2 is 2.29 bits per heavy atom. The fourth-order valence-corrected chi connectivity index (χ4v) is 2.73. The second-order valence-electron chi connectivity index (χ2n) is 4.59. The van der Waals surface area contributed by atoms with E-state index in [0.717, 1.165) is 0 Å². The molecule has 5 nitrogen and oxygen atoms in total. The number of halogens is 2. The van der Waals surface area contributed by atoms with Crippen LogP contribution in [-0.2, 0) is 9.53 Å². The highest BCUT2D eigenvalue weighted by Crippen LogP contribution is 2.21. The summed E-state index contributed by atoms with van der Waals surface area (Å²) in [6.45, 7) is 3.32. The molecular weight excluding hydrogens is 343 g/mol. The Labute approximate surface area is 130 Å². The number of carbonyl (C=O) groups excluding carboxylic acids is 2. The molecule has 1 heterocycles. The van der Waals surface area contributed by atoms with Crippen LogP contribution < -0.4 is 5.32 Å². The monoisotopic (exact) mass is 358 g/mol. The highest BCUT2D eigenvalue weighted by atomic mass is 79.9. The van der Waals surface area contributed by atoms with E-state index in [1.807, 2.05) is 0 Å². The van der Waals surface area contributed by atoms with Crippen LogP contribution in [0.3, 0.4) is 0 Å². The van der Waals surface area contributed by atoms with Crippen molar-refractivity contribution in [2.45, 2.75) is 13.0 Å². The molecule has 1 aliphatic heterocycles. The smallest absolute Gasteiger partial charge is 0.330 e. The molecule has 0 saturated carbocycles. The third-order valence-electron chi connectivity index (χ3n) is 3.22. The Bertz CT molecular complexity index is 553. The Kier molecular flexibility index (Phi) is 5.30. The minimum atomic E-state index is -0.664. The molecule has 1 aromatic rings. The zero-order valence-electron chi connectivity index (χ0n) is 11.6. The second-order valence-corrected chi connectivity index (χ2v) is 5.45. The van der Waals surface area contributed by atoms with Crippen molar-refractivity contribution in [3.63, 3.8) is 0 Å². The third-order valence-corrected chi connectivity index (χ3v) is 3.88. The molecule has 0 aliphatic carbocycles. The van der Waals surface area contributed by atoms with Crippen LogP contribution in [0.1, 0.15) is 17.3 Å². The van der Waals surface area contributed by atoms with E-state index in [1.165, 1.54) is 23.1 Å². The normalized spacial score (nSPS) is 18.4. The average molecular weight is 359 g/mol. The van der Waals surface area contributed by atoms with Crippen molar-refractivity contribution >= 4 is 27.8 Å². The fourth-order valence-electron chi connectivity index (χ4n) is 2.21. The summed E-state index contributed by atoms with van der Waals surface area (Å²) in [6, 6.07) is 3.20. The summed E-state index contributed by atoms with van der Waals surface area (Å²) in [7, 11) is 0. The van der Waals surface area contributed by atoms with E-state index >= 15 is 0 Å². The van der Waals surface area contributed by atoms with E-state index in [2.05, 4.69) is 21.2 Å². The molecule has 2 rings (SSSR count). The van der Waals surface area contributed by atoms with Crippen LogP contribution in [0.25, 0.3) is 0 Å². The van der Waals surface area contributed by atoms with E-state index in [1.54, 1.807) is 6.92 Å². The van der Waals surface area contributed by atoms with Crippen molar-refractivity contribution in [3.05, 3.63) is 34.1 Å². The Morgan fingerprint density at radius 1 is 1.52 bits per heavy atom. The van der Waals surface area contributed by atoms with Crippen molar-refractivity contribution in [1.29, 1.82) is 0 Å². The van der Waals surface area contributed by atoms with Gasteiger partial charge >= 0.3 is 5.97 Å². The number of piperazine rings is 1. The van der Waals surface area contributed by atoms with Gasteiger partial charge in [-0.3, -0.25) is 4.79 Å². The summed E-state index contributed by atoms with van der Waals surface area (Å²) in [5, 5.41) is 3.07. The topological polar surface area (TPSA) is 58.6 Å². The summed E-state index contributed by atoms with van der Waals surface area (Å²) in [4.78, 5) is 26.0. The molecule has 21 heavy (non-hydrogen) atoms. The zero-order chi connectivity index (χ0) is 15.4. The van der Waals surface area contributed by atoms with Gasteiger partial charge < -0.3 is 15.0 Å². The molecule has 114 valence electrons. The van der Waals surface area contributed by atoms with Gasteiger partial charge in [-0.1, -0.05) is 0 Å². The van der Waals surface area contributed by atoms with Gasteiger partial charge in [0.25, 0.3) is 5.91 Å². The summed E-state index contributed by atoms with van der Waals surface area (Å²) >= 11 is 3.18. The quantitative estimate of drug-likeness (QED) is 0.833. The van der Waals surface area contributed by atoms with Gasteiger partial charge in [-0.15, -0.1) is 0 Å². The molecule has 0 radical (unpaired) electrons. The van der Waals surface area contributed by atoms with Crippen LogP contribution in [0.5, 0.6) is 0 Å². The van der Waals surface area contributed by atoms with Crippen LogP contribution >= 0.6 is 15.9 Å². The van der Waals surface area contributed by atoms with Crippen LogP contribution in [0.4, 0.5) is 4.39 Å². The molecule has 1 aliphatic rings. The molecule has 1 saturated heterocycles. The predicted octanol–water partition coefficient (Wildman–Crippen LogP) is 1.57. The number of rotatable bonds is 3. The minimum Gasteiger partial charge on any atom is -0.464 e. The Balaban J connectivity index is 2.24. The lowest BCUT2D eigenvalue weighted by Crippen LogP contribution is -2.57. The summed E-state index contributed by atoms with van der Waals surface area (Å²) in [5.74, 6) is -1.18. The lowest BCUT2D eigenvalue weighted by atomic mass is 10.1. The first-order chi connectivity index (χ1) is 10.0. The van der Waals surface area contributed by atoms with Gasteiger partial charge in [-0.2, -0.15) is 0 Å². The summed E-state index contributed by atoms with van der Waals surface area (Å²) < 4.78 is 18.5. The number of ether oxygens (including phenoxy) is 1. The molecule has 1 unspecified atom stereocenters. The van der Waals surface area contributed by atoms with Crippen LogP contribution in [-0.4, -0.2) is 49.1 Å². The van der Waals surface area contributed by atoms with E-state index < -0.39 is 17.8 Å². The fraction of sp³-hybridized carbons (Fsp3) is 0.429. The molecule has 7 heteroatoms. The number of nitrogens with zero attached hydrogens (tertiary/aromatic N) is 1. The summed E-state index contributed by atoms with van der Waals surface area (Å²) in [6.07, 6.45) is 0. The maximum absolute atomic E-state index is 13.1. The SMILES string of the molecule is CCOC(=O)C1CNCCN1C(=O)c1ccc(F)cc1Br. The average Bonchev–Trinajstić information content (AvgIpc) is 2.47. The second kappa shape index (κ2) is 7.00. The maximum atomic E-state index is 13.1. The molecule has 1 N–H and O–H groups in total. The highest BCUT2D eigenvalue weighted by Gasteiger charge is 2.34. The van der Waals surface area contributed by atoms with Crippen molar-refractivity contribution < 1.29 is 18.7 Å². The number of carbonyl (C=O) groups is 2. The highest BCUT2D eigenvalue weighted by molar-refractivity contribution is 9.10. The molecule has 1 atom stereocenters. The molecular formula is C14H16BrFN2O3. The number of benzene rings is 1. The van der Waals surface area contributed by atoms with Crippen LogP contribution in [0, 0.1) is 5.82 Å². The van der Waals surface area contributed by atoms with E-state index in [9.17, 15) is 14.0 Å². The molecule has 1 fully saturated rings. The first kappa shape index (κ1) is 15.9. The van der Waals surface area contributed by atoms with Gasteiger partial charge in [-0.25, -0.2) is 9.18 Å². The molecule has 0 spiro atoms.